The van der Waals surface area contributed by atoms with Crippen molar-refractivity contribution >= 4 is 29.4 Å². The number of esters is 1. The molecule has 1 heterocycles. The lowest BCUT2D eigenvalue weighted by Gasteiger charge is -2.23. The Morgan fingerprint density at radius 3 is 2.17 bits per heavy atom. The van der Waals surface area contributed by atoms with Crippen molar-refractivity contribution in [3.8, 4) is 5.75 Å². The van der Waals surface area contributed by atoms with Crippen molar-refractivity contribution in [1.82, 2.24) is 4.90 Å². The van der Waals surface area contributed by atoms with Crippen LogP contribution >= 0.6 is 0 Å². The maximum atomic E-state index is 12.6. The number of hydrogen-bond donors (Lipinski definition) is 1. The third kappa shape index (κ3) is 4.37. The van der Waals surface area contributed by atoms with E-state index in [9.17, 15) is 19.2 Å². The Morgan fingerprint density at radius 2 is 1.63 bits per heavy atom. The second-order valence-electron chi connectivity index (χ2n) is 7.40. The van der Waals surface area contributed by atoms with Gasteiger partial charge in [-0.15, -0.1) is 0 Å². The number of nitrogens with zero attached hydrogens (tertiary/aromatic N) is 1. The predicted molar refractivity (Wildman–Crippen MR) is 108 cm³/mol. The summed E-state index contributed by atoms with van der Waals surface area (Å²) in [4.78, 5) is 51.1. The molecule has 0 aromatic heterocycles. The van der Waals surface area contributed by atoms with E-state index in [0.717, 1.165) is 4.90 Å². The molecule has 8 nitrogen and oxygen atoms in total. The summed E-state index contributed by atoms with van der Waals surface area (Å²) in [7, 11) is 0. The van der Waals surface area contributed by atoms with Gasteiger partial charge in [0.2, 0.25) is 11.8 Å². The van der Waals surface area contributed by atoms with Gasteiger partial charge in [0, 0.05) is 5.69 Å². The summed E-state index contributed by atoms with van der Waals surface area (Å²) in [6.45, 7) is 5.30. The van der Waals surface area contributed by atoms with Crippen LogP contribution in [0.15, 0.2) is 36.4 Å². The number of benzene rings is 1. The third-order valence-electron chi connectivity index (χ3n) is 5.37. The van der Waals surface area contributed by atoms with E-state index in [0.29, 0.717) is 30.9 Å². The van der Waals surface area contributed by atoms with Crippen LogP contribution in [0.25, 0.3) is 0 Å². The zero-order chi connectivity index (χ0) is 21.8. The lowest BCUT2D eigenvalue weighted by molar-refractivity contribution is -0.163. The fourth-order valence-corrected chi connectivity index (χ4v) is 3.68. The van der Waals surface area contributed by atoms with E-state index in [4.69, 9.17) is 9.47 Å². The van der Waals surface area contributed by atoms with Gasteiger partial charge >= 0.3 is 5.97 Å². The summed E-state index contributed by atoms with van der Waals surface area (Å²) >= 11 is 0. The van der Waals surface area contributed by atoms with E-state index < -0.39 is 35.9 Å². The monoisotopic (exact) mass is 414 g/mol. The first-order chi connectivity index (χ1) is 14.3. The molecule has 1 aromatic carbocycles. The van der Waals surface area contributed by atoms with Gasteiger partial charge in [-0.2, -0.15) is 0 Å². The van der Waals surface area contributed by atoms with E-state index in [1.165, 1.54) is 13.8 Å². The minimum Gasteiger partial charge on any atom is -0.494 e. The first kappa shape index (κ1) is 21.5. The summed E-state index contributed by atoms with van der Waals surface area (Å²) in [5.41, 5.74) is 0.529. The highest BCUT2D eigenvalue weighted by Crippen LogP contribution is 2.36. The van der Waals surface area contributed by atoms with Gasteiger partial charge in [0.25, 0.3) is 5.91 Å². The molecule has 1 aromatic rings. The van der Waals surface area contributed by atoms with Crippen molar-refractivity contribution in [3.63, 3.8) is 0 Å². The van der Waals surface area contributed by atoms with Crippen molar-refractivity contribution in [2.45, 2.75) is 45.8 Å². The Kier molecular flexibility index (Phi) is 6.54. The van der Waals surface area contributed by atoms with Crippen molar-refractivity contribution < 1.29 is 28.7 Å². The second kappa shape index (κ2) is 9.11. The maximum Gasteiger partial charge on any atom is 0.329 e. The van der Waals surface area contributed by atoms with Gasteiger partial charge in [0.15, 0.2) is 6.10 Å². The smallest absolute Gasteiger partial charge is 0.329 e. The average Bonchev–Trinajstić information content (AvgIpc) is 2.99. The van der Waals surface area contributed by atoms with E-state index in [2.05, 4.69) is 5.32 Å². The number of imide groups is 1. The van der Waals surface area contributed by atoms with Crippen LogP contribution < -0.4 is 10.1 Å². The zero-order valence-corrected chi connectivity index (χ0v) is 17.3. The molecule has 160 valence electrons. The van der Waals surface area contributed by atoms with Crippen LogP contribution in [-0.2, 0) is 23.9 Å². The van der Waals surface area contributed by atoms with Gasteiger partial charge < -0.3 is 14.8 Å². The molecule has 1 fully saturated rings. The Hall–Kier alpha value is -3.16. The average molecular weight is 414 g/mol. The molecule has 1 aliphatic heterocycles. The first-order valence-corrected chi connectivity index (χ1v) is 10.1. The van der Waals surface area contributed by atoms with Crippen LogP contribution in [0.3, 0.4) is 0 Å². The number of carbonyl (C=O) groups is 4. The highest BCUT2D eigenvalue weighted by atomic mass is 16.5. The van der Waals surface area contributed by atoms with E-state index >= 15 is 0 Å². The van der Waals surface area contributed by atoms with Crippen molar-refractivity contribution in [2.24, 2.45) is 11.8 Å². The molecule has 8 heteroatoms. The van der Waals surface area contributed by atoms with E-state index in [1.54, 1.807) is 24.3 Å². The van der Waals surface area contributed by atoms with Gasteiger partial charge in [-0.25, -0.2) is 4.79 Å². The van der Waals surface area contributed by atoms with E-state index in [-0.39, 0.29) is 11.8 Å². The highest BCUT2D eigenvalue weighted by Gasteiger charge is 2.50. The molecule has 0 saturated carbocycles. The van der Waals surface area contributed by atoms with E-state index in [1.807, 2.05) is 19.1 Å². The Balaban J connectivity index is 1.57. The molecule has 3 rings (SSSR count). The Morgan fingerprint density at radius 1 is 1.07 bits per heavy atom. The number of allylic oxidation sites excluding steroid dienone is 2. The maximum absolute atomic E-state index is 12.6. The standard InChI is InChI=1S/C22H26N2O6/c1-4-29-16-11-9-15(10-12-16)23-19(25)14(3)30-22(28)13(2)24-20(26)17-7-5-6-8-18(17)21(24)27/h5-6,9-14,17-18H,4,7-8H2,1-3H3,(H,23,25)/t13-,14+,17-,18+/m0/s1. The summed E-state index contributed by atoms with van der Waals surface area (Å²) < 4.78 is 10.6. The molecular formula is C22H26N2O6. The normalized spacial score (nSPS) is 22.3. The van der Waals surface area contributed by atoms with Crippen LogP contribution in [0, 0.1) is 11.8 Å². The van der Waals surface area contributed by atoms with Crippen LogP contribution in [0.1, 0.15) is 33.6 Å². The highest BCUT2D eigenvalue weighted by molar-refractivity contribution is 6.08. The Labute approximate surface area is 175 Å². The number of anilines is 1. The van der Waals surface area contributed by atoms with Gasteiger partial charge in [-0.1, -0.05) is 12.2 Å². The number of likely N-dealkylation sites (tertiary alicyclic amines) is 1. The zero-order valence-electron chi connectivity index (χ0n) is 17.3. The summed E-state index contributed by atoms with van der Waals surface area (Å²) in [5.74, 6) is -2.18. The fourth-order valence-electron chi connectivity index (χ4n) is 3.68. The predicted octanol–water partition coefficient (Wildman–Crippen LogP) is 2.30. The molecule has 1 aliphatic carbocycles. The van der Waals surface area contributed by atoms with Crippen molar-refractivity contribution in [3.05, 3.63) is 36.4 Å². The molecule has 4 atom stereocenters. The number of rotatable bonds is 7. The molecule has 3 amide bonds. The van der Waals surface area contributed by atoms with Crippen molar-refractivity contribution in [2.75, 3.05) is 11.9 Å². The summed E-state index contributed by atoms with van der Waals surface area (Å²) in [5, 5.41) is 2.66. The number of carbonyl (C=O) groups excluding carboxylic acids is 4. The minimum atomic E-state index is -1.09. The Bertz CT molecular complexity index is 837. The minimum absolute atomic E-state index is 0.356. The molecule has 0 unspecified atom stereocenters. The van der Waals surface area contributed by atoms with Crippen molar-refractivity contribution in [1.29, 1.82) is 0 Å². The fraction of sp³-hybridized carbons (Fsp3) is 0.455. The SMILES string of the molecule is CCOc1ccc(NC(=O)[C@@H](C)OC(=O)[C@H](C)N2C(=O)[C@H]3CC=CC[C@H]3C2=O)cc1. The van der Waals surface area contributed by atoms with Crippen LogP contribution in [0.5, 0.6) is 5.75 Å². The van der Waals surface area contributed by atoms with Gasteiger partial charge in [-0.05, 0) is 57.9 Å². The largest absolute Gasteiger partial charge is 0.494 e. The van der Waals surface area contributed by atoms with Gasteiger partial charge in [0.05, 0.1) is 18.4 Å². The lowest BCUT2D eigenvalue weighted by atomic mass is 9.85. The molecule has 0 spiro atoms. The van der Waals surface area contributed by atoms with Crippen LogP contribution in [-0.4, -0.2) is 47.3 Å². The molecule has 0 radical (unpaired) electrons. The number of amides is 3. The van der Waals surface area contributed by atoms with Crippen LogP contribution in [0.4, 0.5) is 5.69 Å². The lowest BCUT2D eigenvalue weighted by Crippen LogP contribution is -2.46. The molecule has 0 bridgehead atoms. The number of ether oxygens (including phenoxy) is 2. The molecule has 1 N–H and O–H groups in total. The third-order valence-corrected chi connectivity index (χ3v) is 5.37. The van der Waals surface area contributed by atoms with Gasteiger partial charge in [0.1, 0.15) is 11.8 Å². The summed E-state index contributed by atoms with van der Waals surface area (Å²) in [6, 6.07) is 5.71. The number of hydrogen-bond acceptors (Lipinski definition) is 6. The second-order valence-corrected chi connectivity index (χ2v) is 7.40. The molecular weight excluding hydrogens is 388 g/mol. The number of nitrogens with one attached hydrogen (secondary N) is 1. The first-order valence-electron chi connectivity index (χ1n) is 10.1. The molecule has 2 aliphatic rings. The summed E-state index contributed by atoms with van der Waals surface area (Å²) in [6.07, 6.45) is 3.66. The molecule has 1 saturated heterocycles. The topological polar surface area (TPSA) is 102 Å². The van der Waals surface area contributed by atoms with Crippen LogP contribution in [0.2, 0.25) is 0 Å². The molecule has 30 heavy (non-hydrogen) atoms. The quantitative estimate of drug-likeness (QED) is 0.417. The van der Waals surface area contributed by atoms with Gasteiger partial charge in [-0.3, -0.25) is 19.3 Å². The number of fused-ring (bicyclic) bond motifs is 1.